The Kier molecular flexibility index (Phi) is 4.27. The molecule has 1 atom stereocenters. The van der Waals surface area contributed by atoms with Crippen molar-refractivity contribution in [1.29, 1.82) is 0 Å². The smallest absolute Gasteiger partial charge is 0.410 e. The van der Waals surface area contributed by atoms with Crippen LogP contribution in [0, 0.1) is 5.41 Å². The largest absolute Gasteiger partial charge is 0.453 e. The van der Waals surface area contributed by atoms with Crippen molar-refractivity contribution in [2.75, 3.05) is 13.7 Å². The molecule has 1 saturated heterocycles. The van der Waals surface area contributed by atoms with Crippen molar-refractivity contribution in [3.63, 3.8) is 0 Å². The van der Waals surface area contributed by atoms with Crippen molar-refractivity contribution in [3.05, 3.63) is 60.2 Å². The molecule has 2 aliphatic rings. The number of amides is 1. The summed E-state index contributed by atoms with van der Waals surface area (Å²) in [5, 5.41) is 0. The highest BCUT2D eigenvalue weighted by molar-refractivity contribution is 5.95. The van der Waals surface area contributed by atoms with E-state index in [9.17, 15) is 9.59 Å². The number of methoxy groups -OCH3 is 1. The number of hydrogen-bond acceptors (Lipinski definition) is 3. The number of rotatable bonds is 3. The number of ketones is 1. The summed E-state index contributed by atoms with van der Waals surface area (Å²) in [5.74, 6) is 0.208. The number of piperidine rings is 1. The van der Waals surface area contributed by atoms with E-state index >= 15 is 0 Å². The van der Waals surface area contributed by atoms with E-state index in [4.69, 9.17) is 4.74 Å². The molecule has 0 N–H and O–H groups in total. The molecule has 2 aromatic rings. The van der Waals surface area contributed by atoms with E-state index < -0.39 is 12.1 Å². The van der Waals surface area contributed by atoms with Crippen molar-refractivity contribution in [2.24, 2.45) is 5.41 Å². The summed E-state index contributed by atoms with van der Waals surface area (Å²) >= 11 is 0. The fourth-order valence-electron chi connectivity index (χ4n) is 4.03. The van der Waals surface area contributed by atoms with Gasteiger partial charge in [0, 0.05) is 18.4 Å². The molecule has 0 bridgehead atoms. The Labute approximate surface area is 153 Å². The minimum absolute atomic E-state index is 0.174. The van der Waals surface area contributed by atoms with Gasteiger partial charge in [0.05, 0.1) is 13.2 Å². The summed E-state index contributed by atoms with van der Waals surface area (Å²) in [6.45, 7) is 0.599. The van der Waals surface area contributed by atoms with Gasteiger partial charge in [0.25, 0.3) is 0 Å². The van der Waals surface area contributed by atoms with Crippen molar-refractivity contribution in [1.82, 2.24) is 4.90 Å². The molecule has 1 unspecified atom stereocenters. The fraction of sp³-hybridized carbons (Fsp3) is 0.364. The van der Waals surface area contributed by atoms with E-state index in [0.29, 0.717) is 13.0 Å². The molecule has 1 amide bonds. The van der Waals surface area contributed by atoms with Crippen molar-refractivity contribution >= 4 is 11.9 Å². The molecule has 0 aromatic heterocycles. The Morgan fingerprint density at radius 2 is 1.81 bits per heavy atom. The average molecular weight is 349 g/mol. The van der Waals surface area contributed by atoms with E-state index in [2.05, 4.69) is 24.3 Å². The molecule has 2 fully saturated rings. The first-order valence-corrected chi connectivity index (χ1v) is 9.16. The van der Waals surface area contributed by atoms with Gasteiger partial charge >= 0.3 is 6.09 Å². The summed E-state index contributed by atoms with van der Waals surface area (Å²) in [7, 11) is 1.38. The topological polar surface area (TPSA) is 46.6 Å². The lowest BCUT2D eigenvalue weighted by molar-refractivity contribution is -0.132. The lowest BCUT2D eigenvalue weighted by Gasteiger charge is -2.37. The van der Waals surface area contributed by atoms with Crippen LogP contribution in [0.5, 0.6) is 0 Å². The van der Waals surface area contributed by atoms with Gasteiger partial charge in [-0.05, 0) is 36.0 Å². The molecule has 4 rings (SSSR count). The van der Waals surface area contributed by atoms with Gasteiger partial charge in [0.2, 0.25) is 0 Å². The molecule has 1 aliphatic carbocycles. The summed E-state index contributed by atoms with van der Waals surface area (Å²) < 4.78 is 4.92. The Morgan fingerprint density at radius 3 is 2.50 bits per heavy atom. The highest BCUT2D eigenvalue weighted by Gasteiger charge is 2.56. The highest BCUT2D eigenvalue weighted by atomic mass is 16.5. The summed E-state index contributed by atoms with van der Waals surface area (Å²) in [6.07, 6.45) is 2.82. The van der Waals surface area contributed by atoms with Gasteiger partial charge in [0.1, 0.15) is 0 Å². The van der Waals surface area contributed by atoms with Gasteiger partial charge in [-0.3, -0.25) is 9.69 Å². The fourth-order valence-corrected chi connectivity index (χ4v) is 4.03. The van der Waals surface area contributed by atoms with Gasteiger partial charge in [-0.15, -0.1) is 0 Å². The lowest BCUT2D eigenvalue weighted by Crippen LogP contribution is -2.54. The van der Waals surface area contributed by atoms with Crippen LogP contribution in [0.15, 0.2) is 54.6 Å². The third-order valence-corrected chi connectivity index (χ3v) is 5.76. The van der Waals surface area contributed by atoms with E-state index in [1.807, 2.05) is 30.3 Å². The predicted molar refractivity (Wildman–Crippen MR) is 99.8 cm³/mol. The Balaban J connectivity index is 1.61. The first-order valence-electron chi connectivity index (χ1n) is 9.16. The third-order valence-electron chi connectivity index (χ3n) is 5.76. The van der Waals surface area contributed by atoms with Gasteiger partial charge in [-0.25, -0.2) is 4.79 Å². The second-order valence-electron chi connectivity index (χ2n) is 7.34. The first-order chi connectivity index (χ1) is 12.6. The average Bonchev–Trinajstić information content (AvgIpc) is 3.47. The second kappa shape index (κ2) is 6.60. The maximum atomic E-state index is 13.1. The summed E-state index contributed by atoms with van der Waals surface area (Å²) in [4.78, 5) is 26.8. The van der Waals surface area contributed by atoms with Crippen molar-refractivity contribution < 1.29 is 14.3 Å². The number of ether oxygens (including phenoxy) is 1. The third kappa shape index (κ3) is 3.00. The van der Waals surface area contributed by atoms with Crippen LogP contribution in [-0.4, -0.2) is 36.5 Å². The van der Waals surface area contributed by atoms with Gasteiger partial charge in [-0.2, -0.15) is 0 Å². The minimum Gasteiger partial charge on any atom is -0.453 e. The van der Waals surface area contributed by atoms with Crippen LogP contribution in [0.2, 0.25) is 0 Å². The Morgan fingerprint density at radius 1 is 1.08 bits per heavy atom. The zero-order valence-electron chi connectivity index (χ0n) is 15.0. The molecule has 1 aliphatic heterocycles. The summed E-state index contributed by atoms with van der Waals surface area (Å²) in [6, 6.07) is 18.0. The number of benzene rings is 2. The van der Waals surface area contributed by atoms with Gasteiger partial charge < -0.3 is 4.74 Å². The molecule has 134 valence electrons. The molecule has 1 heterocycles. The predicted octanol–water partition coefficient (Wildman–Crippen LogP) is 4.09. The van der Waals surface area contributed by atoms with Crippen LogP contribution in [0.1, 0.15) is 24.8 Å². The maximum Gasteiger partial charge on any atom is 0.410 e. The first kappa shape index (κ1) is 16.8. The Hall–Kier alpha value is -2.62. The number of likely N-dealkylation sites (tertiary alicyclic amines) is 1. The molecule has 26 heavy (non-hydrogen) atoms. The van der Waals surface area contributed by atoms with Crippen LogP contribution < -0.4 is 0 Å². The van der Waals surface area contributed by atoms with E-state index in [1.165, 1.54) is 7.11 Å². The molecule has 1 spiro atoms. The van der Waals surface area contributed by atoms with Crippen LogP contribution in [0.25, 0.3) is 11.1 Å². The molecule has 0 radical (unpaired) electrons. The van der Waals surface area contributed by atoms with E-state index in [0.717, 1.165) is 36.0 Å². The molecule has 4 heteroatoms. The summed E-state index contributed by atoms with van der Waals surface area (Å²) in [5.41, 5.74) is 3.16. The van der Waals surface area contributed by atoms with Crippen molar-refractivity contribution in [2.45, 2.75) is 31.7 Å². The highest BCUT2D eigenvalue weighted by Crippen LogP contribution is 2.53. The molecular formula is C22H23NO3. The minimum atomic E-state index is -0.426. The number of nitrogens with zero attached hydrogens (tertiary/aromatic N) is 1. The number of carbonyl (C=O) groups is 2. The zero-order valence-corrected chi connectivity index (χ0v) is 15.0. The van der Waals surface area contributed by atoms with Gasteiger partial charge in [0.15, 0.2) is 5.78 Å². The molecule has 1 saturated carbocycles. The normalized spacial score (nSPS) is 20.9. The maximum absolute atomic E-state index is 13.1. The van der Waals surface area contributed by atoms with Crippen LogP contribution >= 0.6 is 0 Å². The van der Waals surface area contributed by atoms with Crippen LogP contribution in [0.4, 0.5) is 4.79 Å². The quantitative estimate of drug-likeness (QED) is 0.839. The zero-order chi connectivity index (χ0) is 18.1. The number of Topliss-reactive ketones (excluding diaryl/α,β-unsaturated/α-hetero) is 1. The number of carbonyl (C=O) groups excluding carboxylic acids is 2. The van der Waals surface area contributed by atoms with Crippen LogP contribution in [-0.2, 0) is 16.0 Å². The van der Waals surface area contributed by atoms with E-state index in [1.54, 1.807) is 4.90 Å². The standard InChI is InChI=1S/C22H23NO3/c1-26-21(25)23-13-12-22(10-11-22)20(24)19(23)15-16-6-5-9-18(14-16)17-7-3-2-4-8-17/h2-9,14,19H,10-13,15H2,1H3. The molecule has 2 aromatic carbocycles. The molecular weight excluding hydrogens is 326 g/mol. The van der Waals surface area contributed by atoms with Crippen molar-refractivity contribution in [3.8, 4) is 11.1 Å². The molecule has 4 nitrogen and oxygen atoms in total. The SMILES string of the molecule is COC(=O)N1CCC2(CC2)C(=O)C1Cc1cccc(-c2ccccc2)c1. The number of hydrogen-bond donors (Lipinski definition) is 0. The monoisotopic (exact) mass is 349 g/mol. The lowest BCUT2D eigenvalue weighted by atomic mass is 9.83. The second-order valence-corrected chi connectivity index (χ2v) is 7.34. The van der Waals surface area contributed by atoms with Gasteiger partial charge in [-0.1, -0.05) is 54.6 Å². The van der Waals surface area contributed by atoms with Crippen LogP contribution in [0.3, 0.4) is 0 Å². The Bertz CT molecular complexity index is 826. The van der Waals surface area contributed by atoms with E-state index in [-0.39, 0.29) is 11.2 Å².